The standard InChI is InChI=1S/C15H13N5O3/c21-12-4-2-1-3-11(12)9-13(22)18-19-15-17-14(20-23-15)10-5-7-16-8-6-10/h1-8,21H,9H2,(H,18,22)(H,17,19,20). The number of phenols is 1. The molecule has 0 aliphatic rings. The molecule has 1 aromatic carbocycles. The van der Waals surface area contributed by atoms with Gasteiger partial charge in [0.1, 0.15) is 5.75 Å². The van der Waals surface area contributed by atoms with Crippen LogP contribution in [0.1, 0.15) is 5.56 Å². The normalized spacial score (nSPS) is 10.3. The Morgan fingerprint density at radius 1 is 1.17 bits per heavy atom. The van der Waals surface area contributed by atoms with Crippen LogP contribution in [0.3, 0.4) is 0 Å². The van der Waals surface area contributed by atoms with Crippen LogP contribution in [-0.4, -0.2) is 26.1 Å². The van der Waals surface area contributed by atoms with E-state index >= 15 is 0 Å². The fourth-order valence-electron chi connectivity index (χ4n) is 1.89. The number of nitrogens with zero attached hydrogens (tertiary/aromatic N) is 3. The number of para-hydroxylation sites is 1. The van der Waals surface area contributed by atoms with Crippen LogP contribution in [0.2, 0.25) is 0 Å². The van der Waals surface area contributed by atoms with Gasteiger partial charge in [0.05, 0.1) is 6.42 Å². The molecule has 0 aliphatic carbocycles. The lowest BCUT2D eigenvalue weighted by molar-refractivity contribution is -0.120. The van der Waals surface area contributed by atoms with Gasteiger partial charge in [-0.25, -0.2) is 5.43 Å². The van der Waals surface area contributed by atoms with E-state index in [4.69, 9.17) is 4.52 Å². The molecule has 0 radical (unpaired) electrons. The number of carbonyl (C=O) groups excluding carboxylic acids is 1. The molecule has 0 unspecified atom stereocenters. The fraction of sp³-hybridized carbons (Fsp3) is 0.0667. The molecule has 8 heteroatoms. The maximum atomic E-state index is 11.8. The number of phenolic OH excluding ortho intramolecular Hbond substituents is 1. The number of carbonyl (C=O) groups is 1. The summed E-state index contributed by atoms with van der Waals surface area (Å²) in [4.78, 5) is 19.8. The number of pyridine rings is 1. The summed E-state index contributed by atoms with van der Waals surface area (Å²) >= 11 is 0. The maximum Gasteiger partial charge on any atom is 0.340 e. The van der Waals surface area contributed by atoms with Crippen molar-refractivity contribution in [1.29, 1.82) is 0 Å². The highest BCUT2D eigenvalue weighted by Crippen LogP contribution is 2.17. The molecule has 3 rings (SSSR count). The largest absolute Gasteiger partial charge is 0.508 e. The van der Waals surface area contributed by atoms with Crippen LogP contribution in [0.5, 0.6) is 5.75 Å². The summed E-state index contributed by atoms with van der Waals surface area (Å²) in [6, 6.07) is 10.2. The molecule has 0 aliphatic heterocycles. The van der Waals surface area contributed by atoms with E-state index in [1.165, 1.54) is 6.07 Å². The van der Waals surface area contributed by atoms with Crippen molar-refractivity contribution in [3.8, 4) is 17.1 Å². The lowest BCUT2D eigenvalue weighted by Crippen LogP contribution is -2.30. The van der Waals surface area contributed by atoms with E-state index in [-0.39, 0.29) is 24.1 Å². The zero-order valence-corrected chi connectivity index (χ0v) is 11.9. The number of rotatable bonds is 5. The van der Waals surface area contributed by atoms with Crippen LogP contribution in [-0.2, 0) is 11.2 Å². The third-order valence-corrected chi connectivity index (χ3v) is 3.02. The van der Waals surface area contributed by atoms with Crippen LogP contribution in [0.15, 0.2) is 53.3 Å². The minimum absolute atomic E-state index is 0.0189. The summed E-state index contributed by atoms with van der Waals surface area (Å²) in [5.74, 6) is 0.0976. The number of hydrogen-bond acceptors (Lipinski definition) is 7. The first-order chi connectivity index (χ1) is 11.2. The Morgan fingerprint density at radius 2 is 1.96 bits per heavy atom. The number of amides is 1. The molecule has 3 aromatic rings. The van der Waals surface area contributed by atoms with Crippen molar-refractivity contribution >= 4 is 11.9 Å². The van der Waals surface area contributed by atoms with E-state index in [0.717, 1.165) is 5.56 Å². The molecule has 0 fully saturated rings. The molecular weight excluding hydrogens is 298 g/mol. The number of hydrogen-bond donors (Lipinski definition) is 3. The van der Waals surface area contributed by atoms with Crippen molar-refractivity contribution in [3.05, 3.63) is 54.4 Å². The van der Waals surface area contributed by atoms with Gasteiger partial charge in [-0.1, -0.05) is 23.4 Å². The maximum absolute atomic E-state index is 11.8. The lowest BCUT2D eigenvalue weighted by Gasteiger charge is -2.05. The highest BCUT2D eigenvalue weighted by molar-refractivity contribution is 5.80. The molecule has 2 aromatic heterocycles. The highest BCUT2D eigenvalue weighted by Gasteiger charge is 2.10. The molecule has 0 saturated heterocycles. The monoisotopic (exact) mass is 311 g/mol. The first kappa shape index (κ1) is 14.5. The smallest absolute Gasteiger partial charge is 0.340 e. The Morgan fingerprint density at radius 3 is 2.74 bits per heavy atom. The summed E-state index contributed by atoms with van der Waals surface area (Å²) in [5.41, 5.74) is 6.24. The predicted molar refractivity (Wildman–Crippen MR) is 81.1 cm³/mol. The summed E-state index contributed by atoms with van der Waals surface area (Å²) in [6.45, 7) is 0. The number of nitrogens with one attached hydrogen (secondary N) is 2. The number of benzene rings is 1. The molecule has 0 atom stereocenters. The summed E-state index contributed by atoms with van der Waals surface area (Å²) in [5, 5.41) is 13.4. The van der Waals surface area contributed by atoms with Gasteiger partial charge in [0.25, 0.3) is 0 Å². The summed E-state index contributed by atoms with van der Waals surface area (Å²) in [7, 11) is 0. The zero-order chi connectivity index (χ0) is 16.1. The third kappa shape index (κ3) is 3.62. The first-order valence-electron chi connectivity index (χ1n) is 6.78. The second kappa shape index (κ2) is 6.56. The highest BCUT2D eigenvalue weighted by atomic mass is 16.5. The summed E-state index contributed by atoms with van der Waals surface area (Å²) in [6.07, 6.45) is 3.25. The molecule has 3 N–H and O–H groups in total. The van der Waals surface area contributed by atoms with Gasteiger partial charge in [-0.3, -0.25) is 15.2 Å². The van der Waals surface area contributed by atoms with E-state index in [1.807, 2.05) is 0 Å². The molecule has 8 nitrogen and oxygen atoms in total. The molecule has 116 valence electrons. The van der Waals surface area contributed by atoms with Gasteiger partial charge < -0.3 is 9.63 Å². The molecule has 0 saturated carbocycles. The minimum atomic E-state index is -0.352. The molecule has 0 bridgehead atoms. The molecular formula is C15H13N5O3. The topological polar surface area (TPSA) is 113 Å². The van der Waals surface area contributed by atoms with Crippen LogP contribution in [0.25, 0.3) is 11.4 Å². The molecule has 23 heavy (non-hydrogen) atoms. The number of aromatic hydroxyl groups is 1. The Bertz CT molecular complexity index is 804. The second-order valence-corrected chi connectivity index (χ2v) is 4.64. The van der Waals surface area contributed by atoms with Crippen LogP contribution >= 0.6 is 0 Å². The van der Waals surface area contributed by atoms with Crippen molar-refractivity contribution in [3.63, 3.8) is 0 Å². The van der Waals surface area contributed by atoms with Crippen molar-refractivity contribution in [2.24, 2.45) is 0 Å². The van der Waals surface area contributed by atoms with E-state index in [2.05, 4.69) is 26.0 Å². The molecule has 1 amide bonds. The average molecular weight is 311 g/mol. The van der Waals surface area contributed by atoms with Crippen LogP contribution in [0.4, 0.5) is 6.01 Å². The van der Waals surface area contributed by atoms with E-state index in [0.29, 0.717) is 11.4 Å². The van der Waals surface area contributed by atoms with Crippen molar-refractivity contribution in [2.75, 3.05) is 5.43 Å². The van der Waals surface area contributed by atoms with Gasteiger partial charge in [-0.15, -0.1) is 0 Å². The van der Waals surface area contributed by atoms with Crippen LogP contribution in [0, 0.1) is 0 Å². The van der Waals surface area contributed by atoms with E-state index in [1.54, 1.807) is 42.7 Å². The van der Waals surface area contributed by atoms with Gasteiger partial charge in [-0.05, 0) is 18.2 Å². The van der Waals surface area contributed by atoms with Crippen LogP contribution < -0.4 is 10.9 Å². The molecule has 0 spiro atoms. The van der Waals surface area contributed by atoms with E-state index in [9.17, 15) is 9.90 Å². The van der Waals surface area contributed by atoms with Crippen molar-refractivity contribution in [2.45, 2.75) is 6.42 Å². The van der Waals surface area contributed by atoms with Crippen molar-refractivity contribution in [1.82, 2.24) is 20.6 Å². The quantitative estimate of drug-likeness (QED) is 0.612. The van der Waals surface area contributed by atoms with Gasteiger partial charge in [0, 0.05) is 23.5 Å². The number of hydrazine groups is 1. The van der Waals surface area contributed by atoms with Crippen molar-refractivity contribution < 1.29 is 14.4 Å². The second-order valence-electron chi connectivity index (χ2n) is 4.64. The van der Waals surface area contributed by atoms with Gasteiger partial charge in [-0.2, -0.15) is 4.98 Å². The molecule has 2 heterocycles. The van der Waals surface area contributed by atoms with Gasteiger partial charge in [0.15, 0.2) is 0 Å². The zero-order valence-electron chi connectivity index (χ0n) is 11.9. The van der Waals surface area contributed by atoms with Gasteiger partial charge in [0.2, 0.25) is 11.7 Å². The van der Waals surface area contributed by atoms with E-state index < -0.39 is 0 Å². The fourth-order valence-corrected chi connectivity index (χ4v) is 1.89. The summed E-state index contributed by atoms with van der Waals surface area (Å²) < 4.78 is 4.99. The SMILES string of the molecule is O=C(Cc1ccccc1O)NNc1nc(-c2ccncc2)no1. The third-order valence-electron chi connectivity index (χ3n) is 3.02. The Kier molecular flexibility index (Phi) is 4.14. The number of anilines is 1. The predicted octanol–water partition coefficient (Wildman–Crippen LogP) is 1.52. The Hall–Kier alpha value is -3.42. The average Bonchev–Trinajstić information content (AvgIpc) is 3.05. The Labute approximate surface area is 131 Å². The first-order valence-corrected chi connectivity index (χ1v) is 6.78. The number of aromatic nitrogens is 3. The minimum Gasteiger partial charge on any atom is -0.508 e. The lowest BCUT2D eigenvalue weighted by atomic mass is 10.1. The Balaban J connectivity index is 1.58. The van der Waals surface area contributed by atoms with Gasteiger partial charge >= 0.3 is 6.01 Å².